The highest BCUT2D eigenvalue weighted by Gasteiger charge is 2.04. The lowest BCUT2D eigenvalue weighted by molar-refractivity contribution is 0.570. The van der Waals surface area contributed by atoms with Crippen LogP contribution in [-0.4, -0.2) is 48.4 Å². The second-order valence-electron chi connectivity index (χ2n) is 4.99. The first kappa shape index (κ1) is 19.7. The lowest BCUT2D eigenvalue weighted by Gasteiger charge is -2.11. The number of aromatic nitrogens is 3. The van der Waals surface area contributed by atoms with E-state index >= 15 is 0 Å². The third-order valence-corrected chi connectivity index (χ3v) is 4.06. The van der Waals surface area contributed by atoms with Gasteiger partial charge in [0.2, 0.25) is 0 Å². The van der Waals surface area contributed by atoms with Crippen LogP contribution in [0.2, 0.25) is 0 Å². The summed E-state index contributed by atoms with van der Waals surface area (Å²) in [7, 11) is 5.77. The van der Waals surface area contributed by atoms with Gasteiger partial charge in [0.05, 0.1) is 12.2 Å². The van der Waals surface area contributed by atoms with Gasteiger partial charge in [-0.25, -0.2) is 4.98 Å². The van der Waals surface area contributed by atoms with E-state index in [1.807, 2.05) is 35.9 Å². The molecule has 7 nitrogen and oxygen atoms in total. The molecule has 0 atom stereocenters. The largest absolute Gasteiger partial charge is 0.356 e. The molecule has 0 saturated heterocycles. The molecule has 0 amide bonds. The van der Waals surface area contributed by atoms with Crippen molar-refractivity contribution in [2.45, 2.75) is 19.5 Å². The van der Waals surface area contributed by atoms with Gasteiger partial charge in [0.1, 0.15) is 0 Å². The van der Waals surface area contributed by atoms with Crippen LogP contribution in [0.25, 0.3) is 0 Å². The predicted molar refractivity (Wildman–Crippen MR) is 107 cm³/mol. The molecule has 0 fully saturated rings. The number of thiazole rings is 1. The van der Waals surface area contributed by atoms with Crippen LogP contribution in [0.4, 0.5) is 5.13 Å². The van der Waals surface area contributed by atoms with Crippen molar-refractivity contribution in [2.75, 3.05) is 32.6 Å². The maximum absolute atomic E-state index is 4.53. The zero-order valence-electron chi connectivity index (χ0n) is 13.7. The van der Waals surface area contributed by atoms with Gasteiger partial charge in [0.15, 0.2) is 11.1 Å². The topological polar surface area (TPSA) is 70.4 Å². The fourth-order valence-electron chi connectivity index (χ4n) is 1.86. The fraction of sp³-hybridized carbons (Fsp3) is 0.500. The normalized spacial score (nSPS) is 11.0. The van der Waals surface area contributed by atoms with Crippen molar-refractivity contribution in [3.8, 4) is 0 Å². The Labute approximate surface area is 158 Å². The van der Waals surface area contributed by atoms with Gasteiger partial charge in [-0.05, 0) is 12.5 Å². The molecular weight excluding hydrogens is 425 g/mol. The van der Waals surface area contributed by atoms with Crippen molar-refractivity contribution in [2.24, 2.45) is 4.99 Å². The van der Waals surface area contributed by atoms with Crippen LogP contribution in [0.1, 0.15) is 12.1 Å². The monoisotopic (exact) mass is 449 g/mol. The minimum absolute atomic E-state index is 0. The number of aryl methyl sites for hydroxylation is 1. The highest BCUT2D eigenvalue weighted by molar-refractivity contribution is 14.0. The summed E-state index contributed by atoms with van der Waals surface area (Å²) in [5.74, 6) is 0.792. The van der Waals surface area contributed by atoms with Gasteiger partial charge in [-0.1, -0.05) is 0 Å². The Kier molecular flexibility index (Phi) is 8.92. The summed E-state index contributed by atoms with van der Waals surface area (Å²) in [6.45, 7) is 2.41. The minimum atomic E-state index is 0. The van der Waals surface area contributed by atoms with Crippen molar-refractivity contribution in [3.05, 3.63) is 29.5 Å². The van der Waals surface area contributed by atoms with Crippen molar-refractivity contribution in [1.82, 2.24) is 25.4 Å². The van der Waals surface area contributed by atoms with Gasteiger partial charge >= 0.3 is 0 Å². The molecule has 2 N–H and O–H groups in total. The van der Waals surface area contributed by atoms with Crippen LogP contribution in [0, 0.1) is 0 Å². The van der Waals surface area contributed by atoms with Gasteiger partial charge in [-0.3, -0.25) is 9.67 Å². The summed E-state index contributed by atoms with van der Waals surface area (Å²) < 4.78 is 1.93. The Morgan fingerprint density at radius 3 is 2.83 bits per heavy atom. The van der Waals surface area contributed by atoms with Crippen LogP contribution in [0.3, 0.4) is 0 Å². The average molecular weight is 449 g/mol. The zero-order chi connectivity index (χ0) is 15.8. The molecule has 0 bridgehead atoms. The number of aliphatic imine (C=N–C) groups is 1. The van der Waals surface area contributed by atoms with E-state index in [-0.39, 0.29) is 24.0 Å². The van der Waals surface area contributed by atoms with Gasteiger partial charge < -0.3 is 15.5 Å². The molecular formula is C14H24IN7S. The molecule has 0 radical (unpaired) electrons. The lowest BCUT2D eigenvalue weighted by atomic mass is 10.4. The quantitative estimate of drug-likeness (QED) is 0.292. The Balaban J connectivity index is 0.00000264. The van der Waals surface area contributed by atoms with E-state index in [1.165, 1.54) is 0 Å². The van der Waals surface area contributed by atoms with Crippen LogP contribution < -0.4 is 15.5 Å². The Morgan fingerprint density at radius 1 is 1.39 bits per heavy atom. The molecule has 2 heterocycles. The predicted octanol–water partition coefficient (Wildman–Crippen LogP) is 1.78. The smallest absolute Gasteiger partial charge is 0.191 e. The number of hydrogen-bond donors (Lipinski definition) is 2. The van der Waals surface area contributed by atoms with Gasteiger partial charge in [0, 0.05) is 52.0 Å². The van der Waals surface area contributed by atoms with Crippen LogP contribution in [0.15, 0.2) is 28.8 Å². The van der Waals surface area contributed by atoms with Gasteiger partial charge in [-0.15, -0.1) is 35.3 Å². The molecule has 0 aromatic carbocycles. The van der Waals surface area contributed by atoms with E-state index in [0.717, 1.165) is 36.3 Å². The summed E-state index contributed by atoms with van der Waals surface area (Å²) in [4.78, 5) is 10.8. The summed E-state index contributed by atoms with van der Waals surface area (Å²) in [6, 6.07) is 1.93. The van der Waals surface area contributed by atoms with Gasteiger partial charge in [0.25, 0.3) is 0 Å². The molecule has 2 aromatic heterocycles. The fourth-order valence-corrected chi connectivity index (χ4v) is 2.62. The number of nitrogens with one attached hydrogen (secondary N) is 2. The summed E-state index contributed by atoms with van der Waals surface area (Å²) in [5.41, 5.74) is 1.02. The summed E-state index contributed by atoms with van der Waals surface area (Å²) in [5, 5.41) is 13.8. The van der Waals surface area contributed by atoms with E-state index in [4.69, 9.17) is 0 Å². The lowest BCUT2D eigenvalue weighted by Crippen LogP contribution is -2.37. The van der Waals surface area contributed by atoms with E-state index in [2.05, 4.69) is 31.1 Å². The van der Waals surface area contributed by atoms with Crippen LogP contribution >= 0.6 is 35.3 Å². The molecule has 9 heteroatoms. The second-order valence-corrected chi connectivity index (χ2v) is 5.83. The molecule has 0 aliphatic carbocycles. The third-order valence-electron chi connectivity index (χ3n) is 3.00. The van der Waals surface area contributed by atoms with Crippen molar-refractivity contribution < 1.29 is 0 Å². The van der Waals surface area contributed by atoms with E-state index < -0.39 is 0 Å². The number of rotatable bonds is 7. The van der Waals surface area contributed by atoms with Crippen LogP contribution in [-0.2, 0) is 13.1 Å². The van der Waals surface area contributed by atoms with E-state index in [0.29, 0.717) is 6.54 Å². The van der Waals surface area contributed by atoms with Gasteiger partial charge in [-0.2, -0.15) is 5.10 Å². The third kappa shape index (κ3) is 6.73. The number of nitrogens with zero attached hydrogens (tertiary/aromatic N) is 5. The molecule has 0 saturated carbocycles. The maximum Gasteiger partial charge on any atom is 0.191 e. The zero-order valence-corrected chi connectivity index (χ0v) is 16.8. The first-order valence-corrected chi connectivity index (χ1v) is 8.10. The minimum Gasteiger partial charge on any atom is -0.356 e. The summed E-state index contributed by atoms with van der Waals surface area (Å²) >= 11 is 1.64. The number of hydrogen-bond acceptors (Lipinski definition) is 5. The highest BCUT2D eigenvalue weighted by atomic mass is 127. The maximum atomic E-state index is 4.53. The van der Waals surface area contributed by atoms with Crippen LogP contribution in [0.5, 0.6) is 0 Å². The van der Waals surface area contributed by atoms with E-state index in [1.54, 1.807) is 24.6 Å². The van der Waals surface area contributed by atoms with Crippen molar-refractivity contribution in [3.63, 3.8) is 0 Å². The highest BCUT2D eigenvalue weighted by Crippen LogP contribution is 2.17. The Hall–Kier alpha value is -1.36. The SMILES string of the molecule is CN=C(NCCCn1cccn1)NCc1csc(N(C)C)n1.I. The first-order valence-electron chi connectivity index (χ1n) is 7.22. The summed E-state index contributed by atoms with van der Waals surface area (Å²) in [6.07, 6.45) is 4.76. The molecule has 0 aliphatic heterocycles. The van der Waals surface area contributed by atoms with Crippen molar-refractivity contribution >= 4 is 46.4 Å². The second kappa shape index (κ2) is 10.4. The average Bonchev–Trinajstić information content (AvgIpc) is 3.18. The van der Waals surface area contributed by atoms with E-state index in [9.17, 15) is 0 Å². The first-order chi connectivity index (χ1) is 10.7. The molecule has 2 aromatic rings. The number of guanidine groups is 1. The number of halogens is 1. The standard InChI is InChI=1S/C14H23N7S.HI/c1-15-13(16-6-4-8-21-9-5-7-18-21)17-10-12-11-22-14(19-12)20(2)3;/h5,7,9,11H,4,6,8,10H2,1-3H3,(H2,15,16,17);1H. The Bertz CT molecular complexity index is 580. The molecule has 2 rings (SSSR count). The molecule has 128 valence electrons. The van der Waals surface area contributed by atoms with Crippen molar-refractivity contribution in [1.29, 1.82) is 0 Å². The molecule has 0 spiro atoms. The Morgan fingerprint density at radius 2 is 2.22 bits per heavy atom. The molecule has 0 aliphatic rings. The molecule has 0 unspecified atom stereocenters. The number of anilines is 1. The molecule has 23 heavy (non-hydrogen) atoms.